The third-order valence-corrected chi connectivity index (χ3v) is 17.7. The molecular weight excluding hydrogens is 463 g/mol. The Balaban J connectivity index is 2.36. The van der Waals surface area contributed by atoms with E-state index in [9.17, 15) is 0 Å². The summed E-state index contributed by atoms with van der Waals surface area (Å²) in [6, 6.07) is 24.8. The zero-order chi connectivity index (χ0) is 14.8. The van der Waals surface area contributed by atoms with Crippen LogP contribution < -0.4 is 9.81 Å². The Labute approximate surface area is 126 Å². The summed E-state index contributed by atoms with van der Waals surface area (Å²) in [4.78, 5) is 0. The van der Waals surface area contributed by atoms with Gasteiger partial charge in [0, 0.05) is 0 Å². The normalized spacial score (nSPS) is 13.3. The van der Waals surface area contributed by atoms with E-state index in [0.717, 1.165) is 0 Å². The molecule has 0 aromatic heterocycles. The van der Waals surface area contributed by atoms with E-state index in [-0.39, 0.29) is 9.81 Å². The van der Waals surface area contributed by atoms with Crippen LogP contribution in [-0.2, 0) is 0 Å². The van der Waals surface area contributed by atoms with Gasteiger partial charge in [-0.25, -0.2) is 0 Å². The first-order valence-corrected chi connectivity index (χ1v) is 14.6. The molecule has 0 aliphatic carbocycles. The van der Waals surface area contributed by atoms with Gasteiger partial charge in [-0.1, -0.05) is 0 Å². The molecule has 0 amide bonds. The van der Waals surface area contributed by atoms with Crippen molar-refractivity contribution in [2.24, 2.45) is 0 Å². The molecule has 3 aromatic rings. The fourth-order valence-electron chi connectivity index (χ4n) is 2.52. The van der Waals surface area contributed by atoms with Gasteiger partial charge in [0.25, 0.3) is 0 Å². The summed E-state index contributed by atoms with van der Waals surface area (Å²) >= 11 is -6.51. The van der Waals surface area contributed by atoms with E-state index in [1.54, 1.807) is 91.0 Å². The van der Waals surface area contributed by atoms with Gasteiger partial charge in [0.2, 0.25) is 0 Å². The molecule has 3 aromatic carbocycles. The molecule has 0 N–H and O–H groups in total. The number of benzene rings is 3. The molecule has 0 saturated heterocycles. The average molecular weight is 478 g/mol. The van der Waals surface area contributed by atoms with Crippen molar-refractivity contribution in [2.45, 2.75) is 0 Å². The van der Waals surface area contributed by atoms with Crippen LogP contribution in [0.1, 0.15) is 0 Å². The molecule has 0 fully saturated rings. The second kappa shape index (κ2) is 5.31. The molecule has 0 nitrogen and oxygen atoms in total. The van der Waals surface area contributed by atoms with Crippen molar-refractivity contribution in [1.82, 2.24) is 0 Å². The maximum atomic E-state index is 16.2. The van der Waals surface area contributed by atoms with Crippen LogP contribution >= 0.6 is 0 Å². The van der Waals surface area contributed by atoms with E-state index in [0.29, 0.717) is 0 Å². The van der Waals surface area contributed by atoms with E-state index < -0.39 is 20.0 Å². The monoisotopic (exact) mass is 478 g/mol. The topological polar surface area (TPSA) is 0 Å². The quantitative estimate of drug-likeness (QED) is 0.508. The molecule has 0 spiro atoms. The van der Waals surface area contributed by atoms with Gasteiger partial charge in [0.05, 0.1) is 0 Å². The molecule has 0 unspecified atom stereocenters. The molecular formula is C18H15BiF2. The Morgan fingerprint density at radius 3 is 0.905 bits per heavy atom. The number of rotatable bonds is 3. The molecule has 0 heterocycles. The molecule has 0 radical (unpaired) electrons. The Bertz CT molecular complexity index is 622. The summed E-state index contributed by atoms with van der Waals surface area (Å²) in [6.07, 6.45) is 0. The summed E-state index contributed by atoms with van der Waals surface area (Å²) in [5.74, 6) is 0. The molecule has 3 heteroatoms. The van der Waals surface area contributed by atoms with Gasteiger partial charge in [-0.05, 0) is 0 Å². The first-order chi connectivity index (χ1) is 10.1. The van der Waals surface area contributed by atoms with Crippen molar-refractivity contribution in [1.29, 1.82) is 0 Å². The summed E-state index contributed by atoms with van der Waals surface area (Å²) in [5, 5.41) is 0. The number of hydrogen-bond donors (Lipinski definition) is 0. The predicted molar refractivity (Wildman–Crippen MR) is 86.2 cm³/mol. The van der Waals surface area contributed by atoms with Crippen LogP contribution in [0.5, 0.6) is 0 Å². The zero-order valence-corrected chi connectivity index (χ0v) is 14.8. The van der Waals surface area contributed by atoms with E-state index in [1.807, 2.05) is 0 Å². The fourth-order valence-corrected chi connectivity index (χ4v) is 14.1. The van der Waals surface area contributed by atoms with Gasteiger partial charge in [0.15, 0.2) is 0 Å². The van der Waals surface area contributed by atoms with Gasteiger partial charge in [0.1, 0.15) is 0 Å². The van der Waals surface area contributed by atoms with Crippen LogP contribution in [0.4, 0.5) is 5.25 Å². The van der Waals surface area contributed by atoms with Crippen molar-refractivity contribution in [3.05, 3.63) is 91.0 Å². The summed E-state index contributed by atoms with van der Waals surface area (Å²) in [7, 11) is 0. The third kappa shape index (κ3) is 2.30. The Hall–Kier alpha value is -1.60. The minimum atomic E-state index is -6.51. The van der Waals surface area contributed by atoms with Crippen LogP contribution in [0.25, 0.3) is 0 Å². The molecule has 21 heavy (non-hydrogen) atoms. The molecule has 0 atom stereocenters. The van der Waals surface area contributed by atoms with E-state index in [1.165, 1.54) is 0 Å². The molecule has 0 bridgehead atoms. The first-order valence-electron chi connectivity index (χ1n) is 6.74. The Morgan fingerprint density at radius 2 is 0.667 bits per heavy atom. The van der Waals surface area contributed by atoms with Crippen LogP contribution in [0.2, 0.25) is 0 Å². The predicted octanol–water partition coefficient (Wildman–Crippen LogP) is 3.04. The second-order valence-corrected chi connectivity index (χ2v) is 18.0. The summed E-state index contributed by atoms with van der Waals surface area (Å²) < 4.78 is 33.0. The van der Waals surface area contributed by atoms with Gasteiger partial charge in [-0.2, -0.15) is 0 Å². The molecule has 3 rings (SSSR count). The Kier molecular flexibility index (Phi) is 3.63. The first kappa shape index (κ1) is 14.3. The van der Waals surface area contributed by atoms with Crippen LogP contribution in [0.15, 0.2) is 91.0 Å². The maximum absolute atomic E-state index is 16.2. The van der Waals surface area contributed by atoms with Crippen molar-refractivity contribution in [2.75, 3.05) is 0 Å². The SMILES string of the molecule is [F][Bi]([F])([c]1ccccc1)([c]1ccccc1)[c]1ccccc1. The average Bonchev–Trinajstić information content (AvgIpc) is 2.57. The van der Waals surface area contributed by atoms with Gasteiger partial charge < -0.3 is 0 Å². The fraction of sp³-hybridized carbons (Fsp3) is 0. The van der Waals surface area contributed by atoms with Gasteiger partial charge >= 0.3 is 126 Å². The van der Waals surface area contributed by atoms with Crippen molar-refractivity contribution >= 4 is 29.8 Å². The van der Waals surface area contributed by atoms with Crippen LogP contribution in [-0.4, -0.2) is 20.0 Å². The molecule has 106 valence electrons. The number of halogens is 2. The van der Waals surface area contributed by atoms with E-state index >= 15 is 5.25 Å². The van der Waals surface area contributed by atoms with E-state index in [4.69, 9.17) is 0 Å². The van der Waals surface area contributed by atoms with Crippen molar-refractivity contribution < 1.29 is 5.25 Å². The molecule has 0 aliphatic heterocycles. The molecule has 0 aliphatic rings. The summed E-state index contributed by atoms with van der Waals surface area (Å²) in [6.45, 7) is 0. The van der Waals surface area contributed by atoms with Crippen molar-refractivity contribution in [3.63, 3.8) is 0 Å². The minimum absolute atomic E-state index is 0.181. The van der Waals surface area contributed by atoms with Crippen LogP contribution in [0.3, 0.4) is 0 Å². The summed E-state index contributed by atoms with van der Waals surface area (Å²) in [5.41, 5.74) is 0. The standard InChI is InChI=1S/3C6H5.Bi.2FH/c3*1-2-4-6-5-3-1;;;/h3*1-5H;;2*1H/q;;;+2;;/p-2. The third-order valence-electron chi connectivity index (χ3n) is 3.63. The number of hydrogen-bond acceptors (Lipinski definition) is 0. The van der Waals surface area contributed by atoms with E-state index in [2.05, 4.69) is 0 Å². The zero-order valence-electron chi connectivity index (χ0n) is 11.4. The van der Waals surface area contributed by atoms with Gasteiger partial charge in [-0.15, -0.1) is 0 Å². The second-order valence-electron chi connectivity index (χ2n) is 4.91. The van der Waals surface area contributed by atoms with Crippen molar-refractivity contribution in [3.8, 4) is 0 Å². The van der Waals surface area contributed by atoms with Gasteiger partial charge in [-0.3, -0.25) is 0 Å². The molecule has 0 saturated carbocycles. The van der Waals surface area contributed by atoms with Crippen LogP contribution in [0, 0.1) is 0 Å². The Morgan fingerprint density at radius 1 is 0.429 bits per heavy atom.